The number of pyridine rings is 1. The Labute approximate surface area is 110 Å². The Balaban J connectivity index is 1.97. The molecule has 2 heterocycles. The highest BCUT2D eigenvalue weighted by atomic mass is 16.4. The van der Waals surface area contributed by atoms with E-state index in [1.54, 1.807) is 6.07 Å². The van der Waals surface area contributed by atoms with Gasteiger partial charge in [0.2, 0.25) is 0 Å². The van der Waals surface area contributed by atoms with Crippen molar-refractivity contribution in [3.05, 3.63) is 36.0 Å². The predicted molar refractivity (Wildman–Crippen MR) is 73.5 cm³/mol. The molecule has 5 heteroatoms. The fourth-order valence-electron chi connectivity index (χ4n) is 2.45. The van der Waals surface area contributed by atoms with Crippen molar-refractivity contribution in [2.24, 2.45) is 5.73 Å². The molecular weight excluding hydrogens is 242 g/mol. The van der Waals surface area contributed by atoms with Crippen LogP contribution in [0.1, 0.15) is 16.8 Å². The monoisotopic (exact) mass is 257 g/mol. The van der Waals surface area contributed by atoms with Gasteiger partial charge < -0.3 is 15.7 Å². The van der Waals surface area contributed by atoms with E-state index in [4.69, 9.17) is 10.8 Å². The number of hydrogen-bond acceptors (Lipinski definition) is 4. The van der Waals surface area contributed by atoms with E-state index in [0.29, 0.717) is 0 Å². The summed E-state index contributed by atoms with van der Waals surface area (Å²) >= 11 is 0. The molecule has 0 radical (unpaired) electrons. The lowest BCUT2D eigenvalue weighted by Gasteiger charge is -2.18. The molecule has 1 aliphatic rings. The van der Waals surface area contributed by atoms with Crippen molar-refractivity contribution in [1.29, 1.82) is 0 Å². The molecule has 1 unspecified atom stereocenters. The summed E-state index contributed by atoms with van der Waals surface area (Å²) in [4.78, 5) is 17.3. The minimum atomic E-state index is -0.955. The highest BCUT2D eigenvalue weighted by Crippen LogP contribution is 2.24. The van der Waals surface area contributed by atoms with E-state index in [9.17, 15) is 4.79 Å². The highest BCUT2D eigenvalue weighted by Gasteiger charge is 2.19. The second kappa shape index (κ2) is 4.51. The fraction of sp³-hybridized carbons (Fsp3) is 0.286. The summed E-state index contributed by atoms with van der Waals surface area (Å²) in [5.74, 6) is -0.955. The van der Waals surface area contributed by atoms with Gasteiger partial charge in [0.1, 0.15) is 0 Å². The third-order valence-corrected chi connectivity index (χ3v) is 3.50. The summed E-state index contributed by atoms with van der Waals surface area (Å²) < 4.78 is 0. The summed E-state index contributed by atoms with van der Waals surface area (Å²) in [5, 5.41) is 9.78. The molecule has 3 rings (SSSR count). The van der Waals surface area contributed by atoms with Crippen LogP contribution in [0.3, 0.4) is 0 Å². The first-order valence-corrected chi connectivity index (χ1v) is 6.27. The average Bonchev–Trinajstić information content (AvgIpc) is 2.84. The topological polar surface area (TPSA) is 79.5 Å². The van der Waals surface area contributed by atoms with Crippen LogP contribution in [-0.2, 0) is 0 Å². The van der Waals surface area contributed by atoms with Crippen LogP contribution in [0, 0.1) is 0 Å². The van der Waals surface area contributed by atoms with Gasteiger partial charge in [-0.2, -0.15) is 0 Å². The Hall–Kier alpha value is -2.14. The fourth-order valence-corrected chi connectivity index (χ4v) is 2.45. The Kier molecular flexibility index (Phi) is 2.83. The van der Waals surface area contributed by atoms with Crippen molar-refractivity contribution >= 4 is 22.6 Å². The SMILES string of the molecule is NC1CCN(c2ccc3cc(C(=O)O)cnc3c2)C1. The van der Waals surface area contributed by atoms with Crippen LogP contribution in [0.4, 0.5) is 5.69 Å². The number of anilines is 1. The van der Waals surface area contributed by atoms with Gasteiger partial charge in [-0.1, -0.05) is 6.07 Å². The highest BCUT2D eigenvalue weighted by molar-refractivity contribution is 5.93. The number of carbonyl (C=O) groups is 1. The van der Waals surface area contributed by atoms with Crippen molar-refractivity contribution in [3.8, 4) is 0 Å². The number of aromatic nitrogens is 1. The van der Waals surface area contributed by atoms with Crippen molar-refractivity contribution < 1.29 is 9.90 Å². The van der Waals surface area contributed by atoms with Gasteiger partial charge in [0, 0.05) is 36.4 Å². The van der Waals surface area contributed by atoms with Crippen LogP contribution in [-0.4, -0.2) is 35.2 Å². The average molecular weight is 257 g/mol. The molecule has 0 spiro atoms. The van der Waals surface area contributed by atoms with Gasteiger partial charge in [-0.3, -0.25) is 4.98 Å². The molecule has 1 atom stereocenters. The normalized spacial score (nSPS) is 19.0. The summed E-state index contributed by atoms with van der Waals surface area (Å²) in [6.07, 6.45) is 2.40. The lowest BCUT2D eigenvalue weighted by atomic mass is 10.1. The zero-order valence-corrected chi connectivity index (χ0v) is 10.4. The van der Waals surface area contributed by atoms with E-state index in [2.05, 4.69) is 9.88 Å². The summed E-state index contributed by atoms with van der Waals surface area (Å²) in [6.45, 7) is 1.82. The molecule has 0 amide bonds. The van der Waals surface area contributed by atoms with Crippen molar-refractivity contribution in [2.45, 2.75) is 12.5 Å². The number of aromatic carboxylic acids is 1. The molecule has 0 aliphatic carbocycles. The van der Waals surface area contributed by atoms with E-state index >= 15 is 0 Å². The van der Waals surface area contributed by atoms with Gasteiger partial charge in [-0.15, -0.1) is 0 Å². The van der Waals surface area contributed by atoms with Crippen LogP contribution < -0.4 is 10.6 Å². The van der Waals surface area contributed by atoms with Crippen molar-refractivity contribution in [1.82, 2.24) is 4.98 Å². The number of nitrogens with two attached hydrogens (primary N) is 1. The second-order valence-corrected chi connectivity index (χ2v) is 4.90. The summed E-state index contributed by atoms with van der Waals surface area (Å²) in [6, 6.07) is 7.77. The van der Waals surface area contributed by atoms with Gasteiger partial charge in [0.25, 0.3) is 0 Å². The van der Waals surface area contributed by atoms with Crippen LogP contribution in [0.5, 0.6) is 0 Å². The Morgan fingerprint density at radius 1 is 1.42 bits per heavy atom. The molecule has 5 nitrogen and oxygen atoms in total. The maximum absolute atomic E-state index is 10.9. The van der Waals surface area contributed by atoms with E-state index in [1.807, 2.05) is 18.2 Å². The van der Waals surface area contributed by atoms with Crippen LogP contribution in [0.25, 0.3) is 10.9 Å². The number of hydrogen-bond donors (Lipinski definition) is 2. The largest absolute Gasteiger partial charge is 0.478 e. The molecule has 1 fully saturated rings. The number of carboxylic acid groups (broad SMARTS) is 1. The van der Waals surface area contributed by atoms with Crippen LogP contribution >= 0.6 is 0 Å². The third-order valence-electron chi connectivity index (χ3n) is 3.50. The molecule has 19 heavy (non-hydrogen) atoms. The smallest absolute Gasteiger partial charge is 0.337 e. The number of nitrogens with zero attached hydrogens (tertiary/aromatic N) is 2. The van der Waals surface area contributed by atoms with E-state index < -0.39 is 5.97 Å². The lowest BCUT2D eigenvalue weighted by Crippen LogP contribution is -2.26. The number of carboxylic acids is 1. The second-order valence-electron chi connectivity index (χ2n) is 4.90. The first-order chi connectivity index (χ1) is 9.13. The minimum Gasteiger partial charge on any atom is -0.478 e. The van der Waals surface area contributed by atoms with Gasteiger partial charge in [-0.05, 0) is 24.6 Å². The van der Waals surface area contributed by atoms with Crippen molar-refractivity contribution in [2.75, 3.05) is 18.0 Å². The molecular formula is C14H15N3O2. The first kappa shape index (κ1) is 11.9. The molecule has 1 aromatic carbocycles. The summed E-state index contributed by atoms with van der Waals surface area (Å²) in [5.41, 5.74) is 8.02. The Bertz CT molecular complexity index is 642. The molecule has 1 saturated heterocycles. The van der Waals surface area contributed by atoms with Gasteiger partial charge in [-0.25, -0.2) is 4.79 Å². The number of rotatable bonds is 2. The van der Waals surface area contributed by atoms with E-state index in [0.717, 1.165) is 36.1 Å². The molecule has 2 aromatic rings. The Morgan fingerprint density at radius 3 is 2.95 bits per heavy atom. The van der Waals surface area contributed by atoms with E-state index in [-0.39, 0.29) is 11.6 Å². The molecule has 3 N–H and O–H groups in total. The maximum atomic E-state index is 10.9. The molecule has 1 aromatic heterocycles. The van der Waals surface area contributed by atoms with Crippen LogP contribution in [0.15, 0.2) is 30.5 Å². The molecule has 0 bridgehead atoms. The quantitative estimate of drug-likeness (QED) is 0.851. The van der Waals surface area contributed by atoms with E-state index in [1.165, 1.54) is 6.20 Å². The molecule has 1 aliphatic heterocycles. The summed E-state index contributed by atoms with van der Waals surface area (Å²) in [7, 11) is 0. The van der Waals surface area contributed by atoms with Gasteiger partial charge in [0.15, 0.2) is 0 Å². The molecule has 98 valence electrons. The third kappa shape index (κ3) is 2.24. The van der Waals surface area contributed by atoms with Crippen LogP contribution in [0.2, 0.25) is 0 Å². The zero-order valence-electron chi connectivity index (χ0n) is 10.4. The Morgan fingerprint density at radius 2 is 2.26 bits per heavy atom. The minimum absolute atomic E-state index is 0.212. The van der Waals surface area contributed by atoms with Crippen molar-refractivity contribution in [3.63, 3.8) is 0 Å². The zero-order chi connectivity index (χ0) is 13.4. The first-order valence-electron chi connectivity index (χ1n) is 6.27. The maximum Gasteiger partial charge on any atom is 0.337 e. The standard InChI is InChI=1S/C14H15N3O2/c15-11-3-4-17(8-11)12-2-1-9-5-10(14(18)19)7-16-13(9)6-12/h1-2,5-7,11H,3-4,8,15H2,(H,18,19). The molecule has 0 saturated carbocycles. The van der Waals surface area contributed by atoms with Gasteiger partial charge in [0.05, 0.1) is 11.1 Å². The predicted octanol–water partition coefficient (Wildman–Crippen LogP) is 1.47. The lowest BCUT2D eigenvalue weighted by molar-refractivity contribution is 0.0696. The number of fused-ring (bicyclic) bond motifs is 1. The number of benzene rings is 1. The van der Waals surface area contributed by atoms with Gasteiger partial charge >= 0.3 is 5.97 Å².